The van der Waals surface area contributed by atoms with E-state index >= 15 is 0 Å². The molecule has 0 unspecified atom stereocenters. The molecule has 2 aromatic carbocycles. The number of aryl methyl sites for hydroxylation is 1. The molecule has 4 atom stereocenters. The summed E-state index contributed by atoms with van der Waals surface area (Å²) in [5.74, 6) is -1.28. The Morgan fingerprint density at radius 2 is 1.83 bits per heavy atom. The number of halogens is 1. The van der Waals surface area contributed by atoms with Gasteiger partial charge in [-0.3, -0.25) is 9.52 Å². The first-order chi connectivity index (χ1) is 22.6. The second-order valence-electron chi connectivity index (χ2n) is 12.2. The molecule has 1 aromatic heterocycles. The monoisotopic (exact) mass is 709 g/mol. The van der Waals surface area contributed by atoms with Gasteiger partial charge in [0.1, 0.15) is 11.6 Å². The summed E-state index contributed by atoms with van der Waals surface area (Å²) in [7, 11) is -4.92. The van der Waals surface area contributed by atoms with Crippen molar-refractivity contribution in [2.24, 2.45) is 13.0 Å². The Kier molecular flexibility index (Phi) is 12.2. The fourth-order valence-electron chi connectivity index (χ4n) is 5.31. The molecule has 2 N–H and O–H groups in total. The van der Waals surface area contributed by atoms with Crippen LogP contribution in [-0.4, -0.2) is 98.2 Å². The smallest absolute Gasteiger partial charge is 0.261 e. The zero-order valence-corrected chi connectivity index (χ0v) is 29.4. The molecule has 264 valence electrons. The number of hydrogen-bond acceptors (Lipinski definition) is 9. The number of likely N-dealkylation sites (N-methyl/N-ethyl adjacent to an activating group) is 1. The largest absolute Gasteiger partial charge is 0.490 e. The Morgan fingerprint density at radius 3 is 2.48 bits per heavy atom. The summed E-state index contributed by atoms with van der Waals surface area (Å²) < 4.78 is 83.8. The molecular formula is C32H44FN5O8S2. The van der Waals surface area contributed by atoms with Crippen LogP contribution in [0.15, 0.2) is 64.9 Å². The first kappa shape index (κ1) is 37.3. The van der Waals surface area contributed by atoms with Crippen LogP contribution in [0, 0.1) is 11.7 Å². The summed E-state index contributed by atoms with van der Waals surface area (Å²) in [4.78, 5) is 19.6. The third-order valence-electron chi connectivity index (χ3n) is 8.22. The normalized spacial score (nSPS) is 20.9. The average molecular weight is 710 g/mol. The summed E-state index contributed by atoms with van der Waals surface area (Å²) in [6.07, 6.45) is 3.93. The number of nitrogens with zero attached hydrogens (tertiary/aromatic N) is 4. The maximum absolute atomic E-state index is 14.3. The van der Waals surface area contributed by atoms with Crippen molar-refractivity contribution in [3.05, 3.63) is 66.4 Å². The van der Waals surface area contributed by atoms with Crippen LogP contribution in [0.1, 0.15) is 50.4 Å². The first-order valence-electron chi connectivity index (χ1n) is 15.7. The van der Waals surface area contributed by atoms with Crippen LogP contribution in [0.2, 0.25) is 0 Å². The number of benzene rings is 2. The second-order valence-corrected chi connectivity index (χ2v) is 15.9. The molecule has 1 amide bonds. The molecule has 2 heterocycles. The van der Waals surface area contributed by atoms with Crippen molar-refractivity contribution in [1.29, 1.82) is 0 Å². The van der Waals surface area contributed by atoms with E-state index in [2.05, 4.69) is 9.71 Å². The minimum absolute atomic E-state index is 0.0129. The fourth-order valence-corrected chi connectivity index (χ4v) is 7.50. The molecule has 13 nitrogen and oxygen atoms in total. The number of aromatic nitrogens is 2. The summed E-state index contributed by atoms with van der Waals surface area (Å²) >= 11 is 0. The van der Waals surface area contributed by atoms with Crippen LogP contribution in [-0.2, 0) is 31.8 Å². The topological polar surface area (TPSA) is 160 Å². The van der Waals surface area contributed by atoms with Crippen molar-refractivity contribution in [2.75, 3.05) is 38.1 Å². The molecule has 1 aliphatic rings. The number of rotatable bonds is 9. The number of imidazole rings is 1. The highest BCUT2D eigenvalue weighted by molar-refractivity contribution is 7.92. The molecule has 16 heteroatoms. The number of anilines is 1. The molecular weight excluding hydrogens is 666 g/mol. The summed E-state index contributed by atoms with van der Waals surface area (Å²) in [6.45, 7) is 5.42. The second kappa shape index (κ2) is 15.8. The zero-order chi connectivity index (χ0) is 35.2. The molecule has 0 radical (unpaired) electrons. The van der Waals surface area contributed by atoms with Crippen molar-refractivity contribution in [3.63, 3.8) is 0 Å². The van der Waals surface area contributed by atoms with E-state index in [-0.39, 0.29) is 52.7 Å². The Hall–Kier alpha value is -3.57. The summed E-state index contributed by atoms with van der Waals surface area (Å²) in [6, 6.07) is 8.05. The lowest BCUT2D eigenvalue weighted by molar-refractivity contribution is -0.00835. The maximum atomic E-state index is 14.3. The zero-order valence-electron chi connectivity index (χ0n) is 27.7. The number of ether oxygens (including phenoxy) is 2. The molecule has 4 rings (SSSR count). The Bertz CT molecular complexity index is 1770. The third kappa shape index (κ3) is 9.11. The van der Waals surface area contributed by atoms with Gasteiger partial charge in [-0.25, -0.2) is 26.2 Å². The predicted octanol–water partition coefficient (Wildman–Crippen LogP) is 3.48. The number of fused-ring (bicyclic) bond motifs is 1. The van der Waals surface area contributed by atoms with Crippen molar-refractivity contribution >= 4 is 31.6 Å². The highest BCUT2D eigenvalue weighted by atomic mass is 32.2. The molecule has 0 fully saturated rings. The van der Waals surface area contributed by atoms with Gasteiger partial charge in [-0.05, 0) is 75.6 Å². The SMILES string of the molecule is C[C@@H]1CCCCO[C@H](CN(C)S(=O)(=O)c2cn(C)cn2)[C@@H](C)CN([C@H](C)CO)C(=O)c2cc(NS(=O)(=O)c3ccc(F)cc3)ccc2O1. The van der Waals surface area contributed by atoms with E-state index in [0.29, 0.717) is 19.4 Å². The van der Waals surface area contributed by atoms with Gasteiger partial charge in [0, 0.05) is 51.6 Å². The maximum Gasteiger partial charge on any atom is 0.261 e. The number of aliphatic hydroxyl groups is 1. The average Bonchev–Trinajstić information content (AvgIpc) is 3.49. The van der Waals surface area contributed by atoms with Crippen LogP contribution in [0.4, 0.5) is 10.1 Å². The molecule has 0 saturated heterocycles. The minimum atomic E-state index is -4.13. The number of sulfonamides is 2. The van der Waals surface area contributed by atoms with Gasteiger partial charge in [-0.2, -0.15) is 4.31 Å². The standard InChI is InChI=1S/C32H44FN5O8S2/c1-22-17-38(23(2)20-39)32(40)28-16-26(35-47(41,42)27-12-9-25(33)10-13-27)11-14-29(28)46-24(3)8-6-7-15-45-30(22)18-37(5)48(43,44)31-19-36(4)21-34-31/h9-14,16,19,21-24,30,35,39H,6-8,15,17-18,20H2,1-5H3/t22-,23+,24+,30+/m0/s1. The molecule has 3 aromatic rings. The van der Waals surface area contributed by atoms with Crippen LogP contribution < -0.4 is 9.46 Å². The lowest BCUT2D eigenvalue weighted by Crippen LogP contribution is -2.48. The van der Waals surface area contributed by atoms with Gasteiger partial charge in [0.2, 0.25) is 0 Å². The number of amides is 1. The van der Waals surface area contributed by atoms with Crippen molar-refractivity contribution in [1.82, 2.24) is 18.8 Å². The number of nitrogens with one attached hydrogen (secondary N) is 1. The van der Waals surface area contributed by atoms with Gasteiger partial charge in [-0.15, -0.1) is 0 Å². The van der Waals surface area contributed by atoms with E-state index in [1.807, 2.05) is 13.8 Å². The number of carbonyl (C=O) groups excluding carboxylic acids is 1. The highest BCUT2D eigenvalue weighted by Gasteiger charge is 2.33. The van der Waals surface area contributed by atoms with E-state index in [1.165, 1.54) is 47.0 Å². The summed E-state index contributed by atoms with van der Waals surface area (Å²) in [5, 5.41) is 10.1. The minimum Gasteiger partial charge on any atom is -0.490 e. The molecule has 0 bridgehead atoms. The molecule has 1 aliphatic heterocycles. The van der Waals surface area contributed by atoms with E-state index in [0.717, 1.165) is 30.7 Å². The van der Waals surface area contributed by atoms with Gasteiger partial charge in [0.25, 0.3) is 26.0 Å². The Morgan fingerprint density at radius 1 is 1.12 bits per heavy atom. The Labute approximate surface area is 281 Å². The fraction of sp³-hybridized carbons (Fsp3) is 0.500. The molecule has 0 aliphatic carbocycles. The van der Waals surface area contributed by atoms with Crippen LogP contribution in [0.25, 0.3) is 0 Å². The van der Waals surface area contributed by atoms with E-state index in [9.17, 15) is 31.1 Å². The summed E-state index contributed by atoms with van der Waals surface area (Å²) in [5.41, 5.74) is 0.147. The first-order valence-corrected chi connectivity index (χ1v) is 18.6. The van der Waals surface area contributed by atoms with Gasteiger partial charge in [0.15, 0.2) is 5.03 Å². The van der Waals surface area contributed by atoms with Crippen LogP contribution in [0.3, 0.4) is 0 Å². The van der Waals surface area contributed by atoms with Crippen molar-refractivity contribution in [3.8, 4) is 5.75 Å². The van der Waals surface area contributed by atoms with E-state index in [4.69, 9.17) is 9.47 Å². The number of aliphatic hydroxyl groups excluding tert-OH is 1. The highest BCUT2D eigenvalue weighted by Crippen LogP contribution is 2.30. The lowest BCUT2D eigenvalue weighted by Gasteiger charge is -2.35. The van der Waals surface area contributed by atoms with Gasteiger partial charge in [-0.1, -0.05) is 6.92 Å². The van der Waals surface area contributed by atoms with Gasteiger partial charge >= 0.3 is 0 Å². The van der Waals surface area contributed by atoms with Crippen LogP contribution in [0.5, 0.6) is 5.75 Å². The predicted molar refractivity (Wildman–Crippen MR) is 177 cm³/mol. The quantitative estimate of drug-likeness (QED) is 0.339. The Balaban J connectivity index is 1.68. The van der Waals surface area contributed by atoms with Gasteiger partial charge in [0.05, 0.1) is 41.6 Å². The number of hydrogen-bond donors (Lipinski definition) is 2. The van der Waals surface area contributed by atoms with E-state index in [1.54, 1.807) is 18.5 Å². The molecule has 0 spiro atoms. The molecule has 48 heavy (non-hydrogen) atoms. The molecule has 0 saturated carbocycles. The van der Waals surface area contributed by atoms with Crippen LogP contribution >= 0.6 is 0 Å². The lowest BCUT2D eigenvalue weighted by atomic mass is 10.0. The van der Waals surface area contributed by atoms with Crippen molar-refractivity contribution in [2.45, 2.75) is 68.2 Å². The number of carbonyl (C=O) groups is 1. The van der Waals surface area contributed by atoms with Gasteiger partial charge < -0.3 is 24.0 Å². The van der Waals surface area contributed by atoms with Crippen molar-refractivity contribution < 1.29 is 40.6 Å². The third-order valence-corrected chi connectivity index (χ3v) is 11.3. The van der Waals surface area contributed by atoms with E-state index < -0.39 is 49.8 Å².